The van der Waals surface area contributed by atoms with Crippen LogP contribution < -0.4 is 9.96 Å². The quantitative estimate of drug-likeness (QED) is 0.333. The van der Waals surface area contributed by atoms with Crippen LogP contribution in [0.1, 0.15) is 27.2 Å². The number of nitrogens with one attached hydrogen (secondary N) is 1. The third-order valence-electron chi connectivity index (χ3n) is 5.91. The predicted octanol–water partition coefficient (Wildman–Crippen LogP) is 3.89. The van der Waals surface area contributed by atoms with Crippen molar-refractivity contribution in [2.75, 3.05) is 31.3 Å². The molecule has 3 rings (SSSR count). The maximum atomic E-state index is 11.6. The summed E-state index contributed by atoms with van der Waals surface area (Å²) in [5.74, 6) is 0.164. The minimum atomic E-state index is -0.643. The van der Waals surface area contributed by atoms with Crippen LogP contribution in [-0.2, 0) is 14.3 Å². The molecule has 0 aliphatic carbocycles. The first-order valence-corrected chi connectivity index (χ1v) is 12.6. The lowest BCUT2D eigenvalue weighted by Gasteiger charge is -2.29. The Morgan fingerprint density at radius 1 is 1.08 bits per heavy atom. The molecule has 8 heteroatoms. The van der Waals surface area contributed by atoms with Gasteiger partial charge < -0.3 is 19.6 Å². The Morgan fingerprint density at radius 3 is 2.27 bits per heavy atom. The van der Waals surface area contributed by atoms with Gasteiger partial charge in [-0.1, -0.05) is 67.6 Å². The number of aromatic nitrogens is 2. The Labute approximate surface area is 219 Å². The van der Waals surface area contributed by atoms with Gasteiger partial charge in [0.25, 0.3) is 0 Å². The number of hydrogen-bond donors (Lipinski definition) is 1. The molecule has 8 nitrogen and oxygen atoms in total. The number of carbonyl (C=O) groups excluding carboxylic acids is 1. The Bertz CT molecular complexity index is 1130. The van der Waals surface area contributed by atoms with Crippen molar-refractivity contribution in [1.82, 2.24) is 9.97 Å². The number of carbonyl (C=O) groups is 1. The molecule has 2 unspecified atom stereocenters. The van der Waals surface area contributed by atoms with Crippen molar-refractivity contribution in [3.05, 3.63) is 84.8 Å². The summed E-state index contributed by atoms with van der Waals surface area (Å²) in [5, 5.41) is 10.7. The molecule has 2 aromatic carbocycles. The van der Waals surface area contributed by atoms with Crippen LogP contribution in [0.25, 0.3) is 22.5 Å². The average molecular weight is 505 g/mol. The van der Waals surface area contributed by atoms with Gasteiger partial charge in [0.2, 0.25) is 0 Å². The molecule has 0 spiro atoms. The molecule has 0 fully saturated rings. The van der Waals surface area contributed by atoms with Crippen molar-refractivity contribution >= 4 is 11.7 Å². The highest BCUT2D eigenvalue weighted by Gasteiger charge is 2.18. The molecule has 196 valence electrons. The first-order valence-electron chi connectivity index (χ1n) is 12.6. The predicted molar refractivity (Wildman–Crippen MR) is 146 cm³/mol. The Morgan fingerprint density at radius 2 is 1.70 bits per heavy atom. The van der Waals surface area contributed by atoms with E-state index in [9.17, 15) is 10.0 Å². The van der Waals surface area contributed by atoms with E-state index >= 15 is 0 Å². The van der Waals surface area contributed by atoms with Crippen LogP contribution in [0.3, 0.4) is 0 Å². The highest BCUT2D eigenvalue weighted by Crippen LogP contribution is 2.30. The van der Waals surface area contributed by atoms with Gasteiger partial charge in [-0.25, -0.2) is 9.78 Å². The first kappa shape index (κ1) is 28.1. The van der Waals surface area contributed by atoms with Crippen molar-refractivity contribution in [1.29, 1.82) is 0 Å². The van der Waals surface area contributed by atoms with E-state index in [-0.39, 0.29) is 25.4 Å². The SMILES string of the molecule is C=C[NH+]([O-])C(=O)COCC(CC)OCCN(c1cnc(-c2ccccc2)c(-c2ccccc2)n1)C(C)C. The number of nitrogens with zero attached hydrogens (tertiary/aromatic N) is 3. The van der Waals surface area contributed by atoms with E-state index in [0.717, 1.165) is 41.0 Å². The third-order valence-corrected chi connectivity index (χ3v) is 5.91. The lowest BCUT2D eigenvalue weighted by atomic mass is 10.0. The molecule has 1 N–H and O–H groups in total. The molecular weight excluding hydrogens is 468 g/mol. The van der Waals surface area contributed by atoms with E-state index in [0.29, 0.717) is 13.2 Å². The summed E-state index contributed by atoms with van der Waals surface area (Å²) in [6, 6.07) is 20.3. The van der Waals surface area contributed by atoms with Gasteiger partial charge in [0.1, 0.15) is 5.82 Å². The second-order valence-electron chi connectivity index (χ2n) is 8.85. The van der Waals surface area contributed by atoms with Gasteiger partial charge in [-0.05, 0) is 26.8 Å². The summed E-state index contributed by atoms with van der Waals surface area (Å²) in [4.78, 5) is 23.7. The summed E-state index contributed by atoms with van der Waals surface area (Å²) < 4.78 is 11.4. The monoisotopic (exact) mass is 504 g/mol. The molecule has 0 bridgehead atoms. The summed E-state index contributed by atoms with van der Waals surface area (Å²) >= 11 is 0. The maximum absolute atomic E-state index is 11.6. The van der Waals surface area contributed by atoms with E-state index in [1.807, 2.05) is 73.8 Å². The topological polar surface area (TPSA) is 92.0 Å². The van der Waals surface area contributed by atoms with E-state index in [1.165, 1.54) is 0 Å². The second kappa shape index (κ2) is 14.3. The molecule has 0 saturated heterocycles. The fourth-order valence-corrected chi connectivity index (χ4v) is 3.83. The van der Waals surface area contributed by atoms with Crippen LogP contribution in [0.2, 0.25) is 0 Å². The van der Waals surface area contributed by atoms with Crippen LogP contribution in [0.15, 0.2) is 79.6 Å². The number of anilines is 1. The standard InChI is InChI=1S/C29H36N4O4/c1-5-25(20-36-21-27(34)33(35)6-2)37-18-17-32(22(3)4)26-19-30-28(23-13-9-7-10-14-23)29(31-26)24-15-11-8-12-16-24/h6-16,19,22,25,33H,2,5,17-18,20-21H2,1,3-4H3. The van der Waals surface area contributed by atoms with Crippen LogP contribution >= 0.6 is 0 Å². The molecular formula is C29H36N4O4. The minimum Gasteiger partial charge on any atom is -0.622 e. The third kappa shape index (κ3) is 8.03. The van der Waals surface area contributed by atoms with E-state index < -0.39 is 11.0 Å². The minimum absolute atomic E-state index is 0.169. The molecule has 0 aliphatic heterocycles. The summed E-state index contributed by atoms with van der Waals surface area (Å²) in [6.45, 7) is 10.5. The van der Waals surface area contributed by atoms with Gasteiger partial charge in [-0.15, -0.1) is 0 Å². The van der Waals surface area contributed by atoms with E-state index in [2.05, 4.69) is 25.3 Å². The zero-order valence-electron chi connectivity index (χ0n) is 21.8. The summed E-state index contributed by atoms with van der Waals surface area (Å²) in [5.41, 5.74) is 3.68. The number of rotatable bonds is 14. The van der Waals surface area contributed by atoms with Crippen LogP contribution in [-0.4, -0.2) is 54.4 Å². The van der Waals surface area contributed by atoms with Crippen LogP contribution in [0.4, 0.5) is 5.82 Å². The number of amides is 1. The fraction of sp³-hybridized carbons (Fsp3) is 0.345. The number of benzene rings is 2. The van der Waals surface area contributed by atoms with E-state index in [1.54, 1.807) is 0 Å². The molecule has 0 saturated carbocycles. The van der Waals surface area contributed by atoms with Crippen LogP contribution in [0.5, 0.6) is 0 Å². The highest BCUT2D eigenvalue weighted by molar-refractivity contribution is 5.78. The zero-order valence-corrected chi connectivity index (χ0v) is 21.8. The van der Waals surface area contributed by atoms with E-state index in [4.69, 9.17) is 19.4 Å². The normalized spacial score (nSPS) is 12.8. The average Bonchev–Trinajstić information content (AvgIpc) is 2.94. The first-order chi connectivity index (χ1) is 17.9. The Kier molecular flexibility index (Phi) is 10.9. The van der Waals surface area contributed by atoms with Crippen LogP contribution in [0, 0.1) is 5.21 Å². The highest BCUT2D eigenvalue weighted by atomic mass is 16.5. The molecule has 37 heavy (non-hydrogen) atoms. The van der Waals surface area contributed by atoms with Gasteiger partial charge in [-0.3, -0.25) is 10.0 Å². The number of ether oxygens (including phenoxy) is 2. The smallest absolute Gasteiger partial charge is 0.342 e. The lowest BCUT2D eigenvalue weighted by Crippen LogP contribution is -3.05. The molecule has 1 heterocycles. The molecule has 3 aromatic rings. The number of quaternary nitrogens is 1. The molecule has 2 atom stereocenters. The fourth-order valence-electron chi connectivity index (χ4n) is 3.83. The van der Waals surface area contributed by atoms with Crippen molar-refractivity contribution in [2.45, 2.75) is 39.3 Å². The second-order valence-corrected chi connectivity index (χ2v) is 8.85. The van der Waals surface area contributed by atoms with Gasteiger partial charge in [0.05, 0.1) is 43.1 Å². The Hall–Kier alpha value is -3.43. The summed E-state index contributed by atoms with van der Waals surface area (Å²) in [7, 11) is 0. The molecule has 1 aromatic heterocycles. The van der Waals surface area contributed by atoms with Crippen molar-refractivity contribution in [2.24, 2.45) is 0 Å². The van der Waals surface area contributed by atoms with Crippen molar-refractivity contribution in [3.8, 4) is 22.5 Å². The Balaban J connectivity index is 1.71. The maximum Gasteiger partial charge on any atom is 0.342 e. The zero-order chi connectivity index (χ0) is 26.6. The summed E-state index contributed by atoms with van der Waals surface area (Å²) in [6.07, 6.45) is 3.34. The van der Waals surface area contributed by atoms with Gasteiger partial charge in [0, 0.05) is 23.7 Å². The number of hydrogen-bond acceptors (Lipinski definition) is 7. The molecule has 1 amide bonds. The van der Waals surface area contributed by atoms with Gasteiger partial charge >= 0.3 is 5.91 Å². The largest absolute Gasteiger partial charge is 0.622 e. The molecule has 0 radical (unpaired) electrons. The molecule has 0 aliphatic rings. The van der Waals surface area contributed by atoms with Crippen molar-refractivity contribution < 1.29 is 19.3 Å². The van der Waals surface area contributed by atoms with Gasteiger partial charge in [-0.2, -0.15) is 0 Å². The lowest BCUT2D eigenvalue weighted by molar-refractivity contribution is -0.704. The van der Waals surface area contributed by atoms with Gasteiger partial charge in [0.15, 0.2) is 6.61 Å². The number of hydroxylamine groups is 2. The van der Waals surface area contributed by atoms with Crippen molar-refractivity contribution in [3.63, 3.8) is 0 Å².